The Morgan fingerprint density at radius 2 is 1.90 bits per heavy atom. The summed E-state index contributed by atoms with van der Waals surface area (Å²) in [6.07, 6.45) is 2.21. The molecule has 1 saturated heterocycles. The molecule has 1 aromatic carbocycles. The zero-order chi connectivity index (χ0) is 15.1. The Labute approximate surface area is 126 Å². The molecule has 0 amide bonds. The van der Waals surface area contributed by atoms with Crippen molar-refractivity contribution in [3.05, 3.63) is 29.8 Å². The van der Waals surface area contributed by atoms with Gasteiger partial charge in [0.05, 0.1) is 6.61 Å². The summed E-state index contributed by atoms with van der Waals surface area (Å²) in [4.78, 5) is 11.7. The third kappa shape index (κ3) is 4.46. The second-order valence-corrected chi connectivity index (χ2v) is 5.22. The molecule has 1 fully saturated rings. The van der Waals surface area contributed by atoms with Crippen molar-refractivity contribution in [3.8, 4) is 5.75 Å². The maximum Gasteiger partial charge on any atom is 0.347 e. The van der Waals surface area contributed by atoms with Crippen LogP contribution < -0.4 is 4.74 Å². The third-order valence-electron chi connectivity index (χ3n) is 3.77. The zero-order valence-corrected chi connectivity index (χ0v) is 12.8. The van der Waals surface area contributed by atoms with Gasteiger partial charge in [0.15, 0.2) is 6.10 Å². The molecule has 0 bridgehead atoms. The Morgan fingerprint density at radius 3 is 2.48 bits per heavy atom. The first kappa shape index (κ1) is 15.8. The molecule has 0 spiro atoms. The lowest BCUT2D eigenvalue weighted by Crippen LogP contribution is -2.28. The summed E-state index contributed by atoms with van der Waals surface area (Å²) in [7, 11) is 0. The predicted octanol–water partition coefficient (Wildman–Crippen LogP) is 3.30. The molecule has 1 aromatic rings. The van der Waals surface area contributed by atoms with E-state index in [0.717, 1.165) is 26.1 Å². The molecule has 1 unspecified atom stereocenters. The van der Waals surface area contributed by atoms with Gasteiger partial charge in [0.1, 0.15) is 5.75 Å². The normalized spacial score (nSPS) is 17.2. The lowest BCUT2D eigenvalue weighted by molar-refractivity contribution is -0.151. The molecular weight excluding hydrogens is 268 g/mol. The average Bonchev–Trinajstić information content (AvgIpc) is 2.54. The molecule has 1 atom stereocenters. The lowest BCUT2D eigenvalue weighted by Gasteiger charge is -2.22. The summed E-state index contributed by atoms with van der Waals surface area (Å²) in [6.45, 7) is 5.76. The largest absolute Gasteiger partial charge is 0.479 e. The van der Waals surface area contributed by atoms with E-state index < -0.39 is 6.10 Å². The fourth-order valence-electron chi connectivity index (χ4n) is 2.55. The van der Waals surface area contributed by atoms with Crippen LogP contribution >= 0.6 is 0 Å². The van der Waals surface area contributed by atoms with Crippen LogP contribution in [-0.2, 0) is 14.3 Å². The molecule has 0 saturated carbocycles. The van der Waals surface area contributed by atoms with Crippen molar-refractivity contribution < 1.29 is 19.0 Å². The quantitative estimate of drug-likeness (QED) is 0.755. The van der Waals surface area contributed by atoms with Gasteiger partial charge in [-0.15, -0.1) is 0 Å². The van der Waals surface area contributed by atoms with Crippen LogP contribution in [0, 0.1) is 0 Å². The van der Waals surface area contributed by atoms with E-state index in [1.165, 1.54) is 5.56 Å². The van der Waals surface area contributed by atoms with E-state index in [-0.39, 0.29) is 5.97 Å². The lowest BCUT2D eigenvalue weighted by atomic mass is 9.92. The second kappa shape index (κ2) is 8.03. The first-order chi connectivity index (χ1) is 10.2. The number of carbonyl (C=O) groups excluding carboxylic acids is 1. The van der Waals surface area contributed by atoms with Gasteiger partial charge >= 0.3 is 5.97 Å². The number of ether oxygens (including phenoxy) is 3. The van der Waals surface area contributed by atoms with E-state index >= 15 is 0 Å². The topological polar surface area (TPSA) is 44.8 Å². The summed E-state index contributed by atoms with van der Waals surface area (Å²) < 4.78 is 16.1. The van der Waals surface area contributed by atoms with Crippen LogP contribution in [0.5, 0.6) is 5.75 Å². The molecule has 1 aliphatic heterocycles. The van der Waals surface area contributed by atoms with E-state index in [0.29, 0.717) is 24.7 Å². The molecule has 0 aliphatic carbocycles. The van der Waals surface area contributed by atoms with Gasteiger partial charge in [-0.25, -0.2) is 4.79 Å². The Bertz CT molecular complexity index is 435. The van der Waals surface area contributed by atoms with Gasteiger partial charge < -0.3 is 14.2 Å². The highest BCUT2D eigenvalue weighted by Gasteiger charge is 2.20. The predicted molar refractivity (Wildman–Crippen MR) is 80.6 cm³/mol. The van der Waals surface area contributed by atoms with E-state index in [1.807, 2.05) is 19.1 Å². The van der Waals surface area contributed by atoms with Crippen molar-refractivity contribution in [1.82, 2.24) is 0 Å². The van der Waals surface area contributed by atoms with Crippen molar-refractivity contribution in [2.24, 2.45) is 0 Å². The molecule has 116 valence electrons. The smallest absolute Gasteiger partial charge is 0.347 e. The molecule has 0 aromatic heterocycles. The van der Waals surface area contributed by atoms with Crippen LogP contribution in [0.2, 0.25) is 0 Å². The average molecular weight is 292 g/mol. The van der Waals surface area contributed by atoms with Crippen molar-refractivity contribution in [2.45, 2.75) is 45.1 Å². The molecule has 1 heterocycles. The van der Waals surface area contributed by atoms with Gasteiger partial charge in [0.25, 0.3) is 0 Å². The number of benzene rings is 1. The maximum absolute atomic E-state index is 11.7. The first-order valence-electron chi connectivity index (χ1n) is 7.75. The second-order valence-electron chi connectivity index (χ2n) is 5.22. The van der Waals surface area contributed by atoms with Crippen LogP contribution in [0.25, 0.3) is 0 Å². The van der Waals surface area contributed by atoms with Gasteiger partial charge in [-0.05, 0) is 49.8 Å². The van der Waals surface area contributed by atoms with Crippen LogP contribution in [0.1, 0.15) is 44.6 Å². The SMILES string of the molecule is CCOC(=O)C(CC)Oc1ccc(C2CCOCC2)cc1. The van der Waals surface area contributed by atoms with E-state index in [4.69, 9.17) is 14.2 Å². The fourth-order valence-corrected chi connectivity index (χ4v) is 2.55. The zero-order valence-electron chi connectivity index (χ0n) is 12.8. The van der Waals surface area contributed by atoms with Gasteiger partial charge in [-0.2, -0.15) is 0 Å². The van der Waals surface area contributed by atoms with Crippen LogP contribution in [-0.4, -0.2) is 31.9 Å². The third-order valence-corrected chi connectivity index (χ3v) is 3.77. The number of hydrogen-bond acceptors (Lipinski definition) is 4. The highest BCUT2D eigenvalue weighted by molar-refractivity contribution is 5.75. The summed E-state index contributed by atoms with van der Waals surface area (Å²) in [6, 6.07) is 8.05. The number of esters is 1. The Morgan fingerprint density at radius 1 is 1.24 bits per heavy atom. The molecule has 0 radical (unpaired) electrons. The monoisotopic (exact) mass is 292 g/mol. The van der Waals surface area contributed by atoms with Crippen LogP contribution in [0.4, 0.5) is 0 Å². The van der Waals surface area contributed by atoms with Crippen molar-refractivity contribution in [2.75, 3.05) is 19.8 Å². The van der Waals surface area contributed by atoms with E-state index in [9.17, 15) is 4.79 Å². The molecule has 4 heteroatoms. The number of hydrogen-bond donors (Lipinski definition) is 0. The van der Waals surface area contributed by atoms with Gasteiger partial charge in [-0.3, -0.25) is 0 Å². The summed E-state index contributed by atoms with van der Waals surface area (Å²) in [5.41, 5.74) is 1.31. The van der Waals surface area contributed by atoms with Crippen molar-refractivity contribution >= 4 is 5.97 Å². The minimum atomic E-state index is -0.529. The van der Waals surface area contributed by atoms with E-state index in [2.05, 4.69) is 12.1 Å². The van der Waals surface area contributed by atoms with Crippen LogP contribution in [0.3, 0.4) is 0 Å². The summed E-state index contributed by atoms with van der Waals surface area (Å²) in [5.74, 6) is 0.985. The number of carbonyl (C=O) groups is 1. The molecular formula is C17H24O4. The highest BCUT2D eigenvalue weighted by Crippen LogP contribution is 2.28. The van der Waals surface area contributed by atoms with Gasteiger partial charge in [0.2, 0.25) is 0 Å². The van der Waals surface area contributed by atoms with Crippen molar-refractivity contribution in [1.29, 1.82) is 0 Å². The minimum Gasteiger partial charge on any atom is -0.479 e. The van der Waals surface area contributed by atoms with Gasteiger partial charge in [0, 0.05) is 13.2 Å². The summed E-state index contributed by atoms with van der Waals surface area (Å²) >= 11 is 0. The fraction of sp³-hybridized carbons (Fsp3) is 0.588. The molecule has 21 heavy (non-hydrogen) atoms. The van der Waals surface area contributed by atoms with Crippen LogP contribution in [0.15, 0.2) is 24.3 Å². The highest BCUT2D eigenvalue weighted by atomic mass is 16.6. The number of rotatable bonds is 6. The minimum absolute atomic E-state index is 0.298. The molecule has 1 aliphatic rings. The Hall–Kier alpha value is -1.55. The standard InChI is InChI=1S/C17H24O4/c1-3-16(17(18)20-4-2)21-15-7-5-13(6-8-15)14-9-11-19-12-10-14/h5-8,14,16H,3-4,9-12H2,1-2H3. The Balaban J connectivity index is 1.96. The van der Waals surface area contributed by atoms with Crippen molar-refractivity contribution in [3.63, 3.8) is 0 Å². The Kier molecular flexibility index (Phi) is 6.05. The molecule has 2 rings (SSSR count). The van der Waals surface area contributed by atoms with Gasteiger partial charge in [-0.1, -0.05) is 19.1 Å². The van der Waals surface area contributed by atoms with E-state index in [1.54, 1.807) is 6.92 Å². The first-order valence-corrected chi connectivity index (χ1v) is 7.75. The maximum atomic E-state index is 11.7. The molecule has 4 nitrogen and oxygen atoms in total. The molecule has 0 N–H and O–H groups in total. The summed E-state index contributed by atoms with van der Waals surface area (Å²) in [5, 5.41) is 0.